The lowest BCUT2D eigenvalue weighted by Gasteiger charge is -2.71. The van der Waals surface area contributed by atoms with Gasteiger partial charge in [0.2, 0.25) is 0 Å². The molecule has 0 radical (unpaired) electrons. The lowest BCUT2D eigenvalue weighted by atomic mass is 9.33. The maximum absolute atomic E-state index is 14.2. The van der Waals surface area contributed by atoms with E-state index in [4.69, 9.17) is 0 Å². The zero-order chi connectivity index (χ0) is 24.4. The van der Waals surface area contributed by atoms with E-state index in [9.17, 15) is 15.0 Å². The van der Waals surface area contributed by atoms with Crippen molar-refractivity contribution in [2.45, 2.75) is 113 Å². The van der Waals surface area contributed by atoms with Gasteiger partial charge in [-0.2, -0.15) is 0 Å². The molecule has 0 aromatic rings. The second kappa shape index (κ2) is 6.96. The Morgan fingerprint density at radius 3 is 2.21 bits per heavy atom. The number of carbonyl (C=O) groups excluding carboxylic acids is 1. The summed E-state index contributed by atoms with van der Waals surface area (Å²) in [6.45, 7) is 18.6. The summed E-state index contributed by atoms with van der Waals surface area (Å²) in [7, 11) is 0. The number of carbonyl (C=O) groups is 1. The van der Waals surface area contributed by atoms with E-state index in [0.717, 1.165) is 38.5 Å². The van der Waals surface area contributed by atoms with Crippen LogP contribution in [-0.2, 0) is 4.79 Å². The Hall–Kier alpha value is -0.670. The normalized spacial score (nSPS) is 57.8. The molecule has 11 atom stereocenters. The van der Waals surface area contributed by atoms with E-state index < -0.39 is 11.5 Å². The first-order valence-electron chi connectivity index (χ1n) is 13.8. The van der Waals surface area contributed by atoms with Crippen LogP contribution in [0, 0.1) is 56.7 Å². The van der Waals surface area contributed by atoms with E-state index in [1.807, 2.05) is 0 Å². The molecule has 3 heteroatoms. The molecular formula is C30H48O3. The number of aliphatic hydroxyl groups is 2. The summed E-state index contributed by atoms with van der Waals surface area (Å²) in [6.07, 6.45) is 8.28. The number of ketones is 1. The molecule has 3 nitrogen and oxygen atoms in total. The van der Waals surface area contributed by atoms with E-state index in [2.05, 4.69) is 61.5 Å². The molecule has 0 aliphatic heterocycles. The second-order valence-electron chi connectivity index (χ2n) is 14.7. The number of rotatable bonds is 0. The van der Waals surface area contributed by atoms with Gasteiger partial charge >= 0.3 is 0 Å². The number of fused-ring (bicyclic) bond motifs is 7. The second-order valence-corrected chi connectivity index (χ2v) is 14.7. The zero-order valence-electron chi connectivity index (χ0n) is 22.4. The maximum atomic E-state index is 14.2. The van der Waals surface area contributed by atoms with E-state index in [1.54, 1.807) is 0 Å². The Bertz CT molecular complexity index is 889. The molecule has 5 rings (SSSR count). The monoisotopic (exact) mass is 456 g/mol. The molecule has 5 aliphatic rings. The largest absolute Gasteiger partial charge is 0.393 e. The van der Waals surface area contributed by atoms with Gasteiger partial charge < -0.3 is 10.2 Å². The molecule has 33 heavy (non-hydrogen) atoms. The predicted octanol–water partition coefficient (Wildman–Crippen LogP) is 6.17. The first-order valence-corrected chi connectivity index (χ1v) is 13.8. The number of hydrogen-bond donors (Lipinski definition) is 2. The van der Waals surface area contributed by atoms with E-state index >= 15 is 0 Å². The van der Waals surface area contributed by atoms with Crippen molar-refractivity contribution in [1.29, 1.82) is 0 Å². The summed E-state index contributed by atoms with van der Waals surface area (Å²) in [5.41, 5.74) is 0.478. The van der Waals surface area contributed by atoms with Crippen LogP contribution < -0.4 is 0 Å². The minimum absolute atomic E-state index is 0.0466. The smallest absolute Gasteiger partial charge is 0.159 e. The molecule has 2 N–H and O–H groups in total. The minimum Gasteiger partial charge on any atom is -0.393 e. The molecule has 0 aromatic heterocycles. The summed E-state index contributed by atoms with van der Waals surface area (Å²) in [5, 5.41) is 22.8. The first-order chi connectivity index (χ1) is 15.1. The summed E-state index contributed by atoms with van der Waals surface area (Å²) in [4.78, 5) is 14.2. The Morgan fingerprint density at radius 1 is 0.879 bits per heavy atom. The summed E-state index contributed by atoms with van der Waals surface area (Å²) in [5.74, 6) is 2.01. The molecule has 0 saturated heterocycles. The van der Waals surface area contributed by atoms with Gasteiger partial charge in [0.1, 0.15) is 0 Å². The third-order valence-corrected chi connectivity index (χ3v) is 13.2. The maximum Gasteiger partial charge on any atom is 0.159 e. The first kappa shape index (κ1) is 24.0. The third kappa shape index (κ3) is 2.73. The Morgan fingerprint density at radius 2 is 1.55 bits per heavy atom. The van der Waals surface area contributed by atoms with Crippen molar-refractivity contribution in [2.24, 2.45) is 56.7 Å². The van der Waals surface area contributed by atoms with Gasteiger partial charge in [-0.15, -0.1) is 0 Å². The van der Waals surface area contributed by atoms with E-state index in [1.165, 1.54) is 12.0 Å². The van der Waals surface area contributed by atoms with Gasteiger partial charge in [-0.25, -0.2) is 0 Å². The average molecular weight is 457 g/mol. The minimum atomic E-state index is -0.454. The highest BCUT2D eigenvalue weighted by Crippen LogP contribution is 2.75. The van der Waals surface area contributed by atoms with Crippen LogP contribution >= 0.6 is 0 Å². The average Bonchev–Trinajstić information content (AvgIpc) is 2.72. The van der Waals surface area contributed by atoms with Crippen LogP contribution in [0.2, 0.25) is 0 Å². The van der Waals surface area contributed by atoms with Crippen molar-refractivity contribution in [3.05, 3.63) is 11.6 Å². The topological polar surface area (TPSA) is 57.5 Å². The molecule has 4 saturated carbocycles. The predicted molar refractivity (Wildman–Crippen MR) is 132 cm³/mol. The Labute approximate surface area is 201 Å². The number of allylic oxidation sites excluding steroid dienone is 2. The van der Waals surface area contributed by atoms with Crippen LogP contribution in [0.25, 0.3) is 0 Å². The van der Waals surface area contributed by atoms with Crippen molar-refractivity contribution in [1.82, 2.24) is 0 Å². The molecule has 0 amide bonds. The highest BCUT2D eigenvalue weighted by atomic mass is 16.3. The van der Waals surface area contributed by atoms with Gasteiger partial charge in [0.05, 0.1) is 12.2 Å². The summed E-state index contributed by atoms with van der Waals surface area (Å²) >= 11 is 0. The highest BCUT2D eigenvalue weighted by Gasteiger charge is 2.71. The fourth-order valence-electron chi connectivity index (χ4n) is 10.7. The van der Waals surface area contributed by atoms with Crippen LogP contribution in [0.1, 0.15) is 100 Å². The highest BCUT2D eigenvalue weighted by molar-refractivity contribution is 5.95. The van der Waals surface area contributed by atoms with E-state index in [0.29, 0.717) is 23.7 Å². The van der Waals surface area contributed by atoms with Crippen LogP contribution in [0.4, 0.5) is 0 Å². The molecule has 5 aliphatic carbocycles. The lowest BCUT2D eigenvalue weighted by Crippen LogP contribution is -2.69. The van der Waals surface area contributed by atoms with Crippen molar-refractivity contribution in [2.75, 3.05) is 0 Å². The molecule has 0 heterocycles. The van der Waals surface area contributed by atoms with Crippen LogP contribution in [-0.4, -0.2) is 28.2 Å². The third-order valence-electron chi connectivity index (χ3n) is 13.2. The fourth-order valence-corrected chi connectivity index (χ4v) is 10.7. The quantitative estimate of drug-likeness (QED) is 0.458. The standard InChI is InChI=1S/C30H48O3/c1-17-9-12-27(5)16-23(33)30(8)25(24(27)18(17)2)19(31)15-21-28(6)13-11-22(32)26(3,4)20(28)10-14-29(21,30)7/h15,17-18,20,22-25,32-33H,9-14,16H2,1-8H3/t17-,18+,20+,22+,23+,24+,25-,27-,28+,29-,30-/m1/s1. The Kier molecular flexibility index (Phi) is 5.07. The summed E-state index contributed by atoms with van der Waals surface area (Å²) < 4.78 is 0. The summed E-state index contributed by atoms with van der Waals surface area (Å²) in [6, 6.07) is 0. The molecule has 0 spiro atoms. The van der Waals surface area contributed by atoms with Gasteiger partial charge in [0.15, 0.2) is 5.78 Å². The van der Waals surface area contributed by atoms with Crippen molar-refractivity contribution in [3.63, 3.8) is 0 Å². The zero-order valence-corrected chi connectivity index (χ0v) is 22.4. The molecule has 0 bridgehead atoms. The van der Waals surface area contributed by atoms with E-state index in [-0.39, 0.29) is 39.5 Å². The van der Waals surface area contributed by atoms with Crippen LogP contribution in [0.3, 0.4) is 0 Å². The van der Waals surface area contributed by atoms with Crippen LogP contribution in [0.5, 0.6) is 0 Å². The van der Waals surface area contributed by atoms with Crippen LogP contribution in [0.15, 0.2) is 11.6 Å². The van der Waals surface area contributed by atoms with Crippen molar-refractivity contribution >= 4 is 5.78 Å². The van der Waals surface area contributed by atoms with Gasteiger partial charge in [-0.3, -0.25) is 4.79 Å². The Balaban J connectivity index is 1.68. The van der Waals surface area contributed by atoms with Gasteiger partial charge in [0, 0.05) is 11.3 Å². The number of aliphatic hydroxyl groups excluding tert-OH is 2. The lowest BCUT2D eigenvalue weighted by molar-refractivity contribution is -0.220. The molecule has 186 valence electrons. The molecule has 0 unspecified atom stereocenters. The van der Waals surface area contributed by atoms with Gasteiger partial charge in [-0.1, -0.05) is 61.0 Å². The fraction of sp³-hybridized carbons (Fsp3) is 0.900. The molecular weight excluding hydrogens is 408 g/mol. The SMILES string of the molecule is C[C@@H]1[C@H]2[C@H]3C(=O)C=C4[C@@]5(C)CC[C@H](O)C(C)(C)[C@@H]5CC[C@@]4(C)[C@]3(C)[C@@H](O)C[C@@]2(C)CC[C@H]1C. The molecule has 0 aromatic carbocycles. The number of hydrogen-bond acceptors (Lipinski definition) is 3. The van der Waals surface area contributed by atoms with Gasteiger partial charge in [0.25, 0.3) is 0 Å². The van der Waals surface area contributed by atoms with Gasteiger partial charge in [-0.05, 0) is 96.4 Å². The van der Waals surface area contributed by atoms with Crippen molar-refractivity contribution in [3.8, 4) is 0 Å². The van der Waals surface area contributed by atoms with Crippen molar-refractivity contribution < 1.29 is 15.0 Å². The molecule has 4 fully saturated rings.